The molecule has 0 aliphatic heterocycles. The number of H-pyrrole nitrogens is 1. The van der Waals surface area contributed by atoms with Gasteiger partial charge in [0.1, 0.15) is 5.69 Å². The Morgan fingerprint density at radius 1 is 1.11 bits per heavy atom. The van der Waals surface area contributed by atoms with Crippen molar-refractivity contribution in [2.75, 3.05) is 20.6 Å². The number of nitrogens with zero attached hydrogens (tertiary/aromatic N) is 1. The Balaban J connectivity index is 1.78. The Hall–Kier alpha value is -1.62. The molecule has 0 spiro atoms. The lowest BCUT2D eigenvalue weighted by atomic mass is 9.75. The maximum atomic E-state index is 13.0. The third kappa shape index (κ3) is 3.98. The van der Waals surface area contributed by atoms with Crippen LogP contribution in [-0.4, -0.2) is 47.8 Å². The van der Waals surface area contributed by atoms with Crippen LogP contribution in [-0.2, 0) is 6.42 Å². The standard InChI is InChI=1S/C22H35N3O2/c1-15-18-16(12-21(2,3)13-17(18)26)24-19(15)20(27)23-14-22(25(4)5)10-8-6-7-9-11-22/h24H,6-14H2,1-5H3,(H,23,27). The van der Waals surface area contributed by atoms with E-state index in [1.165, 1.54) is 25.7 Å². The Bertz CT molecular complexity index is 722. The molecule has 5 nitrogen and oxygen atoms in total. The van der Waals surface area contributed by atoms with E-state index in [9.17, 15) is 9.59 Å². The van der Waals surface area contributed by atoms with Gasteiger partial charge in [-0.3, -0.25) is 9.59 Å². The fraction of sp³-hybridized carbons (Fsp3) is 0.727. The van der Waals surface area contributed by atoms with Gasteiger partial charge in [0.05, 0.1) is 0 Å². The summed E-state index contributed by atoms with van der Waals surface area (Å²) in [6, 6.07) is 0. The molecule has 1 heterocycles. The van der Waals surface area contributed by atoms with Gasteiger partial charge in [0, 0.05) is 29.8 Å². The second-order valence-corrected chi connectivity index (χ2v) is 9.64. The van der Waals surface area contributed by atoms with Gasteiger partial charge in [0.2, 0.25) is 0 Å². The lowest BCUT2D eigenvalue weighted by molar-refractivity contribution is 0.0863. The van der Waals surface area contributed by atoms with E-state index in [2.05, 4.69) is 43.1 Å². The fourth-order valence-electron chi connectivity index (χ4n) is 4.96. The highest BCUT2D eigenvalue weighted by molar-refractivity contribution is 6.04. The van der Waals surface area contributed by atoms with Crippen LogP contribution in [0.5, 0.6) is 0 Å². The first-order valence-electron chi connectivity index (χ1n) is 10.4. The van der Waals surface area contributed by atoms with Gasteiger partial charge in [-0.15, -0.1) is 0 Å². The van der Waals surface area contributed by atoms with Crippen LogP contribution in [0.15, 0.2) is 0 Å². The summed E-state index contributed by atoms with van der Waals surface area (Å²) in [7, 11) is 4.24. The zero-order valence-electron chi connectivity index (χ0n) is 17.6. The second kappa shape index (κ2) is 7.42. The van der Waals surface area contributed by atoms with Gasteiger partial charge >= 0.3 is 0 Å². The monoisotopic (exact) mass is 373 g/mol. The molecule has 150 valence electrons. The van der Waals surface area contributed by atoms with E-state index < -0.39 is 0 Å². The van der Waals surface area contributed by atoms with Crippen LogP contribution in [0.25, 0.3) is 0 Å². The van der Waals surface area contributed by atoms with Crippen molar-refractivity contribution in [2.45, 2.75) is 77.7 Å². The molecule has 0 radical (unpaired) electrons. The predicted molar refractivity (Wildman–Crippen MR) is 108 cm³/mol. The van der Waals surface area contributed by atoms with E-state index in [1.54, 1.807) is 0 Å². The van der Waals surface area contributed by atoms with E-state index >= 15 is 0 Å². The van der Waals surface area contributed by atoms with E-state index in [0.717, 1.165) is 36.1 Å². The molecule has 27 heavy (non-hydrogen) atoms. The number of likely N-dealkylation sites (N-methyl/N-ethyl adjacent to an activating group) is 1. The van der Waals surface area contributed by atoms with Crippen LogP contribution >= 0.6 is 0 Å². The van der Waals surface area contributed by atoms with Crippen LogP contribution in [0.4, 0.5) is 0 Å². The van der Waals surface area contributed by atoms with Crippen molar-refractivity contribution in [1.29, 1.82) is 0 Å². The van der Waals surface area contributed by atoms with Crippen molar-refractivity contribution in [3.05, 3.63) is 22.5 Å². The van der Waals surface area contributed by atoms with Crippen molar-refractivity contribution in [3.63, 3.8) is 0 Å². The summed E-state index contributed by atoms with van der Waals surface area (Å²) in [6.45, 7) is 6.77. The minimum absolute atomic E-state index is 0.0318. The Labute approximate surface area is 163 Å². The summed E-state index contributed by atoms with van der Waals surface area (Å²) >= 11 is 0. The first-order valence-corrected chi connectivity index (χ1v) is 10.4. The summed E-state index contributed by atoms with van der Waals surface area (Å²) in [5.41, 5.74) is 3.03. The molecule has 2 aliphatic carbocycles. The molecule has 1 amide bonds. The van der Waals surface area contributed by atoms with E-state index in [4.69, 9.17) is 0 Å². The van der Waals surface area contributed by atoms with Crippen molar-refractivity contribution >= 4 is 11.7 Å². The summed E-state index contributed by atoms with van der Waals surface area (Å²) in [4.78, 5) is 31.1. The SMILES string of the molecule is Cc1c(C(=O)NCC2(N(C)C)CCCCCC2)[nH]c2c1C(=O)CC(C)(C)C2. The number of ketones is 1. The number of hydrogen-bond acceptors (Lipinski definition) is 3. The summed E-state index contributed by atoms with van der Waals surface area (Å²) < 4.78 is 0. The second-order valence-electron chi connectivity index (χ2n) is 9.64. The smallest absolute Gasteiger partial charge is 0.268 e. The number of amides is 1. The maximum Gasteiger partial charge on any atom is 0.268 e. The van der Waals surface area contributed by atoms with Gasteiger partial charge in [-0.05, 0) is 51.3 Å². The van der Waals surface area contributed by atoms with Crippen LogP contribution in [0.1, 0.15) is 90.9 Å². The van der Waals surface area contributed by atoms with Gasteiger partial charge in [-0.1, -0.05) is 39.5 Å². The zero-order valence-corrected chi connectivity index (χ0v) is 17.6. The van der Waals surface area contributed by atoms with Crippen molar-refractivity contribution < 1.29 is 9.59 Å². The van der Waals surface area contributed by atoms with Crippen LogP contribution in [0, 0.1) is 12.3 Å². The maximum absolute atomic E-state index is 13.0. The normalized spacial score (nSPS) is 21.6. The largest absolute Gasteiger partial charge is 0.354 e. The molecule has 2 N–H and O–H groups in total. The number of Topliss-reactive ketones (excluding diaryl/α,β-unsaturated/α-hetero) is 1. The summed E-state index contributed by atoms with van der Waals surface area (Å²) in [5.74, 6) is 0.0700. The number of aromatic amines is 1. The van der Waals surface area contributed by atoms with Gasteiger partial charge in [-0.25, -0.2) is 0 Å². The molecule has 0 atom stereocenters. The minimum Gasteiger partial charge on any atom is -0.354 e. The number of nitrogens with one attached hydrogen (secondary N) is 2. The topological polar surface area (TPSA) is 65.2 Å². The highest BCUT2D eigenvalue weighted by Gasteiger charge is 2.36. The Kier molecular flexibility index (Phi) is 5.53. The molecule has 1 saturated carbocycles. The minimum atomic E-state index is -0.0852. The summed E-state index contributed by atoms with van der Waals surface area (Å²) in [6.07, 6.45) is 8.59. The van der Waals surface area contributed by atoms with Gasteiger partial charge in [0.25, 0.3) is 5.91 Å². The third-order valence-corrected chi connectivity index (χ3v) is 6.69. The number of hydrogen-bond donors (Lipinski definition) is 2. The van der Waals surface area contributed by atoms with Crippen LogP contribution < -0.4 is 5.32 Å². The number of fused-ring (bicyclic) bond motifs is 1. The number of aromatic nitrogens is 1. The molecule has 2 aliphatic rings. The molecule has 5 heteroatoms. The molecule has 0 aromatic carbocycles. The highest BCUT2D eigenvalue weighted by Crippen LogP contribution is 2.37. The van der Waals surface area contributed by atoms with Crippen molar-refractivity contribution in [3.8, 4) is 0 Å². The van der Waals surface area contributed by atoms with Crippen molar-refractivity contribution in [2.24, 2.45) is 5.41 Å². The van der Waals surface area contributed by atoms with Gasteiger partial charge in [-0.2, -0.15) is 0 Å². The molecule has 1 aromatic heterocycles. The average Bonchev–Trinajstić information content (AvgIpc) is 2.76. The molecule has 0 unspecified atom stereocenters. The van der Waals surface area contributed by atoms with E-state index in [-0.39, 0.29) is 22.6 Å². The molecular formula is C22H35N3O2. The average molecular weight is 374 g/mol. The van der Waals surface area contributed by atoms with Crippen molar-refractivity contribution in [1.82, 2.24) is 15.2 Å². The molecule has 1 fully saturated rings. The zero-order chi connectivity index (χ0) is 19.8. The number of carbonyl (C=O) groups excluding carboxylic acids is 2. The molecule has 0 saturated heterocycles. The van der Waals surface area contributed by atoms with Gasteiger partial charge in [0.15, 0.2) is 5.78 Å². The molecule has 3 rings (SSSR count). The first-order chi connectivity index (χ1) is 12.7. The lowest BCUT2D eigenvalue weighted by Gasteiger charge is -2.39. The molecular weight excluding hydrogens is 338 g/mol. The third-order valence-electron chi connectivity index (χ3n) is 6.69. The lowest BCUT2D eigenvalue weighted by Crippen LogP contribution is -2.52. The van der Waals surface area contributed by atoms with Crippen LogP contribution in [0.3, 0.4) is 0 Å². The number of carbonyl (C=O) groups is 2. The first kappa shape index (κ1) is 20.1. The molecule has 0 bridgehead atoms. The molecule has 1 aromatic rings. The predicted octanol–water partition coefficient (Wildman–Crippen LogP) is 3.86. The van der Waals surface area contributed by atoms with E-state index in [0.29, 0.717) is 18.7 Å². The Morgan fingerprint density at radius 3 is 2.33 bits per heavy atom. The highest BCUT2D eigenvalue weighted by atomic mass is 16.2. The Morgan fingerprint density at radius 2 is 1.74 bits per heavy atom. The number of rotatable bonds is 4. The van der Waals surface area contributed by atoms with Gasteiger partial charge < -0.3 is 15.2 Å². The quantitative estimate of drug-likeness (QED) is 0.788. The van der Waals surface area contributed by atoms with Crippen LogP contribution in [0.2, 0.25) is 0 Å². The summed E-state index contributed by atoms with van der Waals surface area (Å²) in [5, 5.41) is 3.18. The van der Waals surface area contributed by atoms with E-state index in [1.807, 2.05) is 6.92 Å². The fourth-order valence-corrected chi connectivity index (χ4v) is 4.96.